The maximum Gasteiger partial charge on any atom is 0.309 e. The number of methoxy groups -OCH3 is 1. The zero-order valence-electron chi connectivity index (χ0n) is 9.63. The predicted molar refractivity (Wildman–Crippen MR) is 58.8 cm³/mol. The van der Waals surface area contributed by atoms with Gasteiger partial charge in [-0.1, -0.05) is 6.08 Å². The van der Waals surface area contributed by atoms with Gasteiger partial charge in [-0.25, -0.2) is 0 Å². The van der Waals surface area contributed by atoms with Crippen LogP contribution in [0.3, 0.4) is 0 Å². The molecule has 1 saturated carbocycles. The van der Waals surface area contributed by atoms with Crippen LogP contribution in [0.1, 0.15) is 12.8 Å². The van der Waals surface area contributed by atoms with Gasteiger partial charge in [0.15, 0.2) is 0 Å². The molecule has 1 aliphatic rings. The standard InChI is InChI=1S/C11H15NO5/c1-3-4-7-9(6-12(15)16)8(5-10(7)13)11(14)17-2/h3,7-9H,1,4-6H2,2H3. The molecule has 0 saturated heterocycles. The van der Waals surface area contributed by atoms with Gasteiger partial charge in [0.2, 0.25) is 6.54 Å². The van der Waals surface area contributed by atoms with E-state index in [4.69, 9.17) is 0 Å². The zero-order chi connectivity index (χ0) is 13.0. The highest BCUT2D eigenvalue weighted by Gasteiger charge is 2.48. The number of ether oxygens (including phenoxy) is 1. The van der Waals surface area contributed by atoms with Crippen molar-refractivity contribution in [2.75, 3.05) is 13.7 Å². The fraction of sp³-hybridized carbons (Fsp3) is 0.636. The van der Waals surface area contributed by atoms with Crippen LogP contribution in [0.4, 0.5) is 0 Å². The molecule has 0 aromatic carbocycles. The van der Waals surface area contributed by atoms with Gasteiger partial charge < -0.3 is 4.74 Å². The summed E-state index contributed by atoms with van der Waals surface area (Å²) < 4.78 is 4.58. The number of hydrogen-bond acceptors (Lipinski definition) is 5. The summed E-state index contributed by atoms with van der Waals surface area (Å²) in [7, 11) is 1.22. The highest BCUT2D eigenvalue weighted by atomic mass is 16.6. The molecule has 0 spiro atoms. The van der Waals surface area contributed by atoms with Gasteiger partial charge in [0.05, 0.1) is 13.0 Å². The maximum atomic E-state index is 11.7. The summed E-state index contributed by atoms with van der Waals surface area (Å²) in [4.78, 5) is 33.3. The second-order valence-electron chi connectivity index (χ2n) is 4.11. The monoisotopic (exact) mass is 241 g/mol. The normalized spacial score (nSPS) is 27.8. The zero-order valence-corrected chi connectivity index (χ0v) is 9.63. The van der Waals surface area contributed by atoms with E-state index in [0.29, 0.717) is 6.42 Å². The lowest BCUT2D eigenvalue weighted by Gasteiger charge is -2.17. The van der Waals surface area contributed by atoms with E-state index in [1.54, 1.807) is 6.08 Å². The number of rotatable bonds is 5. The lowest BCUT2D eigenvalue weighted by Crippen LogP contribution is -2.29. The van der Waals surface area contributed by atoms with Crippen LogP contribution in [0.15, 0.2) is 12.7 Å². The number of esters is 1. The molecule has 0 bridgehead atoms. The number of carbonyl (C=O) groups is 2. The maximum absolute atomic E-state index is 11.7. The lowest BCUT2D eigenvalue weighted by atomic mass is 9.87. The Labute approximate surface area is 98.8 Å². The fourth-order valence-electron chi connectivity index (χ4n) is 2.36. The molecular weight excluding hydrogens is 226 g/mol. The first-order valence-electron chi connectivity index (χ1n) is 5.34. The minimum Gasteiger partial charge on any atom is -0.469 e. The van der Waals surface area contributed by atoms with Gasteiger partial charge >= 0.3 is 5.97 Å². The number of nitrogens with zero attached hydrogens (tertiary/aromatic N) is 1. The highest BCUT2D eigenvalue weighted by molar-refractivity contribution is 5.90. The van der Waals surface area contributed by atoms with Crippen LogP contribution < -0.4 is 0 Å². The van der Waals surface area contributed by atoms with Crippen LogP contribution in [0.25, 0.3) is 0 Å². The molecule has 6 nitrogen and oxygen atoms in total. The van der Waals surface area contributed by atoms with E-state index in [9.17, 15) is 19.7 Å². The van der Waals surface area contributed by atoms with E-state index in [0.717, 1.165) is 0 Å². The van der Waals surface area contributed by atoms with Gasteiger partial charge in [-0.15, -0.1) is 6.58 Å². The summed E-state index contributed by atoms with van der Waals surface area (Å²) >= 11 is 0. The van der Waals surface area contributed by atoms with Crippen molar-refractivity contribution in [3.8, 4) is 0 Å². The van der Waals surface area contributed by atoms with E-state index in [2.05, 4.69) is 11.3 Å². The van der Waals surface area contributed by atoms with Crippen molar-refractivity contribution in [1.82, 2.24) is 0 Å². The Hall–Kier alpha value is -1.72. The molecular formula is C11H15NO5. The minimum atomic E-state index is -0.692. The summed E-state index contributed by atoms with van der Waals surface area (Å²) in [5, 5.41) is 10.6. The van der Waals surface area contributed by atoms with Gasteiger partial charge in [-0.05, 0) is 6.42 Å². The van der Waals surface area contributed by atoms with Crippen molar-refractivity contribution in [3.05, 3.63) is 22.8 Å². The molecule has 94 valence electrons. The first-order chi connectivity index (χ1) is 8.01. The predicted octanol–water partition coefficient (Wildman–Crippen LogP) is 0.834. The van der Waals surface area contributed by atoms with Crippen molar-refractivity contribution in [1.29, 1.82) is 0 Å². The van der Waals surface area contributed by atoms with Crippen LogP contribution in [0.5, 0.6) is 0 Å². The van der Waals surface area contributed by atoms with Crippen LogP contribution >= 0.6 is 0 Å². The molecule has 3 unspecified atom stereocenters. The van der Waals surface area contributed by atoms with Crippen molar-refractivity contribution in [3.63, 3.8) is 0 Å². The molecule has 0 aliphatic heterocycles. The Morgan fingerprint density at radius 2 is 2.35 bits per heavy atom. The molecule has 1 aliphatic carbocycles. The van der Waals surface area contributed by atoms with Gasteiger partial charge in [0.1, 0.15) is 5.78 Å². The Balaban J connectivity index is 2.91. The Morgan fingerprint density at radius 3 is 2.82 bits per heavy atom. The molecule has 17 heavy (non-hydrogen) atoms. The molecule has 0 aromatic heterocycles. The Bertz CT molecular complexity index is 352. The molecule has 0 amide bonds. The number of allylic oxidation sites excluding steroid dienone is 1. The Kier molecular flexibility index (Phi) is 4.37. The van der Waals surface area contributed by atoms with E-state index < -0.39 is 28.6 Å². The molecule has 0 heterocycles. The summed E-state index contributed by atoms with van der Waals surface area (Å²) in [6, 6.07) is 0. The summed E-state index contributed by atoms with van der Waals surface area (Å²) in [6.45, 7) is 3.14. The van der Waals surface area contributed by atoms with Crippen molar-refractivity contribution in [2.45, 2.75) is 12.8 Å². The SMILES string of the molecule is C=CCC1C(=O)CC(C(=O)OC)C1C[N+](=O)[O-]. The van der Waals surface area contributed by atoms with Crippen LogP contribution in [0, 0.1) is 27.9 Å². The van der Waals surface area contributed by atoms with Crippen molar-refractivity contribution in [2.24, 2.45) is 17.8 Å². The van der Waals surface area contributed by atoms with Crippen molar-refractivity contribution < 1.29 is 19.2 Å². The van der Waals surface area contributed by atoms with Crippen LogP contribution in [0.2, 0.25) is 0 Å². The first kappa shape index (κ1) is 13.3. The molecule has 3 atom stereocenters. The number of carbonyl (C=O) groups excluding carboxylic acids is 2. The minimum absolute atomic E-state index is 0.0314. The van der Waals surface area contributed by atoms with E-state index in [-0.39, 0.29) is 18.7 Å². The summed E-state index contributed by atoms with van der Waals surface area (Å²) in [5.74, 6) is -2.42. The van der Waals surface area contributed by atoms with Gasteiger partial charge in [0.25, 0.3) is 0 Å². The van der Waals surface area contributed by atoms with E-state index in [1.807, 2.05) is 0 Å². The van der Waals surface area contributed by atoms with Crippen LogP contribution in [-0.4, -0.2) is 30.3 Å². The second-order valence-corrected chi connectivity index (χ2v) is 4.11. The molecule has 1 rings (SSSR count). The molecule has 0 radical (unpaired) electrons. The van der Waals surface area contributed by atoms with Gasteiger partial charge in [-0.2, -0.15) is 0 Å². The molecule has 0 N–H and O–H groups in total. The number of nitro groups is 1. The summed E-state index contributed by atoms with van der Waals surface area (Å²) in [5.41, 5.74) is 0. The number of ketones is 1. The third kappa shape index (κ3) is 2.89. The topological polar surface area (TPSA) is 86.5 Å². The van der Waals surface area contributed by atoms with Crippen molar-refractivity contribution >= 4 is 11.8 Å². The van der Waals surface area contributed by atoms with E-state index >= 15 is 0 Å². The molecule has 0 aromatic rings. The Morgan fingerprint density at radius 1 is 1.71 bits per heavy atom. The third-order valence-electron chi connectivity index (χ3n) is 3.15. The molecule has 1 fully saturated rings. The second kappa shape index (κ2) is 5.56. The lowest BCUT2D eigenvalue weighted by molar-refractivity contribution is -0.490. The number of hydrogen-bond donors (Lipinski definition) is 0. The smallest absolute Gasteiger partial charge is 0.309 e. The fourth-order valence-corrected chi connectivity index (χ4v) is 2.36. The number of Topliss-reactive ketones (excluding diaryl/α,β-unsaturated/α-hetero) is 1. The average Bonchev–Trinajstić information content (AvgIpc) is 2.56. The summed E-state index contributed by atoms with van der Waals surface area (Å²) in [6.07, 6.45) is 1.95. The van der Waals surface area contributed by atoms with Gasteiger partial charge in [-0.3, -0.25) is 19.7 Å². The largest absolute Gasteiger partial charge is 0.469 e. The van der Waals surface area contributed by atoms with E-state index in [1.165, 1.54) is 7.11 Å². The first-order valence-corrected chi connectivity index (χ1v) is 5.34. The molecule has 6 heteroatoms. The average molecular weight is 241 g/mol. The van der Waals surface area contributed by atoms with Gasteiger partial charge in [0, 0.05) is 23.2 Å². The highest BCUT2D eigenvalue weighted by Crippen LogP contribution is 2.37. The third-order valence-corrected chi connectivity index (χ3v) is 3.15. The quantitative estimate of drug-likeness (QED) is 0.308. The van der Waals surface area contributed by atoms with Crippen LogP contribution in [-0.2, 0) is 14.3 Å².